The number of hydrogen-bond acceptors (Lipinski definition) is 5. The summed E-state index contributed by atoms with van der Waals surface area (Å²) in [6.45, 7) is 0. The van der Waals surface area contributed by atoms with Gasteiger partial charge in [0.05, 0.1) is 30.1 Å². The fourth-order valence-electron chi connectivity index (χ4n) is 1.34. The van der Waals surface area contributed by atoms with Crippen molar-refractivity contribution >= 4 is 5.69 Å². The summed E-state index contributed by atoms with van der Waals surface area (Å²) in [4.78, 5) is 10.1. The van der Waals surface area contributed by atoms with E-state index >= 15 is 0 Å². The molecule has 0 atom stereocenters. The predicted octanol–water partition coefficient (Wildman–Crippen LogP) is 1.54. The van der Waals surface area contributed by atoms with E-state index in [1.165, 1.54) is 19.2 Å². The van der Waals surface area contributed by atoms with Crippen molar-refractivity contribution in [1.29, 1.82) is 10.5 Å². The molecular formula is C10H7N3O3. The van der Waals surface area contributed by atoms with Gasteiger partial charge < -0.3 is 4.74 Å². The third kappa shape index (κ3) is 1.91. The molecule has 80 valence electrons. The van der Waals surface area contributed by atoms with Crippen LogP contribution in [0.1, 0.15) is 11.1 Å². The lowest BCUT2D eigenvalue weighted by Gasteiger charge is -2.06. The molecule has 1 rings (SSSR count). The maximum absolute atomic E-state index is 10.7. The Kier molecular flexibility index (Phi) is 3.41. The zero-order chi connectivity index (χ0) is 12.1. The summed E-state index contributed by atoms with van der Waals surface area (Å²) in [6, 6.07) is 6.18. The lowest BCUT2D eigenvalue weighted by molar-refractivity contribution is -0.385. The molecule has 1 aromatic carbocycles. The van der Waals surface area contributed by atoms with Crippen molar-refractivity contribution in [2.24, 2.45) is 0 Å². The van der Waals surface area contributed by atoms with E-state index in [0.717, 1.165) is 0 Å². The lowest BCUT2D eigenvalue weighted by Crippen LogP contribution is -2.00. The number of rotatable bonds is 3. The van der Waals surface area contributed by atoms with Gasteiger partial charge in [-0.3, -0.25) is 10.1 Å². The summed E-state index contributed by atoms with van der Waals surface area (Å²) < 4.78 is 4.90. The first-order valence-corrected chi connectivity index (χ1v) is 4.27. The number of ether oxygens (including phenoxy) is 1. The molecule has 6 heteroatoms. The number of nitro benzene ring substituents is 1. The van der Waals surface area contributed by atoms with Gasteiger partial charge in [0.25, 0.3) is 5.69 Å². The number of methoxy groups -OCH3 is 1. The quantitative estimate of drug-likeness (QED) is 0.564. The molecule has 0 saturated heterocycles. The molecule has 0 aromatic heterocycles. The predicted molar refractivity (Wildman–Crippen MR) is 53.7 cm³/mol. The Bertz CT molecular complexity index is 511. The van der Waals surface area contributed by atoms with Crippen LogP contribution < -0.4 is 4.74 Å². The highest BCUT2D eigenvalue weighted by Crippen LogP contribution is 2.29. The largest absolute Gasteiger partial charge is 0.495 e. The van der Waals surface area contributed by atoms with Crippen molar-refractivity contribution in [2.45, 2.75) is 6.42 Å². The number of benzene rings is 1. The van der Waals surface area contributed by atoms with Crippen LogP contribution in [0.4, 0.5) is 5.69 Å². The van der Waals surface area contributed by atoms with Crippen LogP contribution in [0.5, 0.6) is 5.75 Å². The minimum absolute atomic E-state index is 0.0400. The van der Waals surface area contributed by atoms with Crippen LogP contribution in [0.2, 0.25) is 0 Å². The topological polar surface area (TPSA) is 99.9 Å². The Morgan fingerprint density at radius 2 is 2.19 bits per heavy atom. The highest BCUT2D eigenvalue weighted by molar-refractivity contribution is 5.58. The van der Waals surface area contributed by atoms with E-state index in [9.17, 15) is 10.1 Å². The Morgan fingerprint density at radius 1 is 1.50 bits per heavy atom. The lowest BCUT2D eigenvalue weighted by atomic mass is 10.0. The fourth-order valence-corrected chi connectivity index (χ4v) is 1.34. The smallest absolute Gasteiger partial charge is 0.275 e. The van der Waals surface area contributed by atoms with Crippen LogP contribution >= 0.6 is 0 Å². The molecule has 0 aliphatic heterocycles. The first-order chi connectivity index (χ1) is 7.65. The van der Waals surface area contributed by atoms with Gasteiger partial charge in [0.1, 0.15) is 17.4 Å². The average Bonchev–Trinajstić information content (AvgIpc) is 2.28. The third-order valence-electron chi connectivity index (χ3n) is 2.03. The summed E-state index contributed by atoms with van der Waals surface area (Å²) in [5.74, 6) is 0.235. The normalized spacial score (nSPS) is 8.94. The van der Waals surface area contributed by atoms with Crippen LogP contribution in [0.25, 0.3) is 0 Å². The zero-order valence-electron chi connectivity index (χ0n) is 8.43. The molecular weight excluding hydrogens is 210 g/mol. The molecule has 0 radical (unpaired) electrons. The molecule has 0 aliphatic rings. The number of hydrogen-bond donors (Lipinski definition) is 0. The Morgan fingerprint density at radius 3 is 2.62 bits per heavy atom. The minimum atomic E-state index is -0.618. The molecule has 0 saturated carbocycles. The summed E-state index contributed by atoms with van der Waals surface area (Å²) in [5, 5.41) is 28.2. The number of nitro groups is 1. The first-order valence-electron chi connectivity index (χ1n) is 4.27. The van der Waals surface area contributed by atoms with E-state index in [1.807, 2.05) is 6.07 Å². The van der Waals surface area contributed by atoms with Gasteiger partial charge in [0.2, 0.25) is 0 Å². The molecule has 1 aromatic rings. The second kappa shape index (κ2) is 4.76. The van der Waals surface area contributed by atoms with Gasteiger partial charge in [0.15, 0.2) is 0 Å². The molecule has 0 N–H and O–H groups in total. The van der Waals surface area contributed by atoms with Crippen LogP contribution in [-0.2, 0) is 6.42 Å². The van der Waals surface area contributed by atoms with E-state index in [0.29, 0.717) is 0 Å². The van der Waals surface area contributed by atoms with Crippen molar-refractivity contribution in [1.82, 2.24) is 0 Å². The Hall–Kier alpha value is -2.60. The number of nitriles is 2. The SMILES string of the molecule is COc1ccc([N+](=O)[O-])c(CC#N)c1C#N. The van der Waals surface area contributed by atoms with Crippen LogP contribution in [0, 0.1) is 32.8 Å². The standard InChI is InChI=1S/C10H7N3O3/c1-16-10-3-2-9(13(14)15)7(4-5-11)8(10)6-12/h2-3H,4H2,1H3. The molecule has 0 heterocycles. The molecule has 0 spiro atoms. The van der Waals surface area contributed by atoms with Gasteiger partial charge >= 0.3 is 0 Å². The van der Waals surface area contributed by atoms with E-state index in [1.54, 1.807) is 6.07 Å². The Balaban J connectivity index is 3.53. The molecule has 6 nitrogen and oxygen atoms in total. The summed E-state index contributed by atoms with van der Waals surface area (Å²) >= 11 is 0. The van der Waals surface area contributed by atoms with Crippen molar-refractivity contribution in [3.05, 3.63) is 33.4 Å². The minimum Gasteiger partial charge on any atom is -0.495 e. The summed E-state index contributed by atoms with van der Waals surface area (Å²) in [5.41, 5.74) is -0.105. The first kappa shape index (κ1) is 11.5. The molecule has 0 amide bonds. The van der Waals surface area contributed by atoms with Crippen molar-refractivity contribution < 1.29 is 9.66 Å². The highest BCUT2D eigenvalue weighted by atomic mass is 16.6. The summed E-state index contributed by atoms with van der Waals surface area (Å²) in [7, 11) is 1.36. The van der Waals surface area contributed by atoms with Gasteiger partial charge in [-0.2, -0.15) is 10.5 Å². The molecule has 16 heavy (non-hydrogen) atoms. The van der Waals surface area contributed by atoms with Gasteiger partial charge in [-0.05, 0) is 6.07 Å². The van der Waals surface area contributed by atoms with Crippen molar-refractivity contribution in [3.8, 4) is 17.9 Å². The van der Waals surface area contributed by atoms with Gasteiger partial charge in [-0.15, -0.1) is 0 Å². The monoisotopic (exact) mass is 217 g/mol. The molecule has 0 unspecified atom stereocenters. The molecule has 0 fully saturated rings. The third-order valence-corrected chi connectivity index (χ3v) is 2.03. The summed E-state index contributed by atoms with van der Waals surface area (Å²) in [6.07, 6.45) is -0.198. The molecule has 0 bridgehead atoms. The molecule has 0 aliphatic carbocycles. The van der Waals surface area contributed by atoms with Crippen molar-refractivity contribution in [2.75, 3.05) is 7.11 Å². The fraction of sp³-hybridized carbons (Fsp3) is 0.200. The highest BCUT2D eigenvalue weighted by Gasteiger charge is 2.20. The second-order valence-electron chi connectivity index (χ2n) is 2.84. The van der Waals surface area contributed by atoms with Crippen LogP contribution in [0.15, 0.2) is 12.1 Å². The van der Waals surface area contributed by atoms with Crippen molar-refractivity contribution in [3.63, 3.8) is 0 Å². The van der Waals surface area contributed by atoms with Crippen LogP contribution in [-0.4, -0.2) is 12.0 Å². The van der Waals surface area contributed by atoms with E-state index in [2.05, 4.69) is 0 Å². The maximum Gasteiger partial charge on any atom is 0.275 e. The maximum atomic E-state index is 10.7. The van der Waals surface area contributed by atoms with E-state index < -0.39 is 4.92 Å². The average molecular weight is 217 g/mol. The van der Waals surface area contributed by atoms with Gasteiger partial charge in [-0.1, -0.05) is 0 Å². The van der Waals surface area contributed by atoms with E-state index in [4.69, 9.17) is 15.3 Å². The van der Waals surface area contributed by atoms with Gasteiger partial charge in [0, 0.05) is 6.07 Å². The van der Waals surface area contributed by atoms with Gasteiger partial charge in [-0.25, -0.2) is 0 Å². The second-order valence-corrected chi connectivity index (χ2v) is 2.84. The number of nitrogens with zero attached hydrogens (tertiary/aromatic N) is 3. The zero-order valence-corrected chi connectivity index (χ0v) is 8.43. The van der Waals surface area contributed by atoms with Crippen LogP contribution in [0.3, 0.4) is 0 Å². The van der Waals surface area contributed by atoms with E-state index in [-0.39, 0.29) is 29.0 Å². The Labute approximate surface area is 91.4 Å².